The first-order valence-electron chi connectivity index (χ1n) is 11.9. The first kappa shape index (κ1) is 23.8. The minimum Gasteiger partial charge on any atom is -0.324 e. The average Bonchev–Trinajstić information content (AvgIpc) is 2.84. The Labute approximate surface area is 194 Å². The van der Waals surface area contributed by atoms with Crippen molar-refractivity contribution in [3.63, 3.8) is 0 Å². The summed E-state index contributed by atoms with van der Waals surface area (Å²) in [5, 5.41) is 0. The summed E-state index contributed by atoms with van der Waals surface area (Å²) in [6.07, 6.45) is 28.4. The number of hydrogen-bond donors (Lipinski definition) is 1. The first-order chi connectivity index (χ1) is 15.6. The number of nitrogens with two attached hydrogens (primary N) is 1. The van der Waals surface area contributed by atoms with Gasteiger partial charge in [-0.05, 0) is 54.9 Å². The van der Waals surface area contributed by atoms with E-state index in [9.17, 15) is 0 Å². The summed E-state index contributed by atoms with van der Waals surface area (Å²) in [5.41, 5.74) is 12.7. The Morgan fingerprint density at radius 2 is 1.91 bits per heavy atom. The topological polar surface area (TPSA) is 26.0 Å². The van der Waals surface area contributed by atoms with E-state index in [2.05, 4.69) is 112 Å². The molecule has 1 nitrogen and oxygen atoms in total. The summed E-state index contributed by atoms with van der Waals surface area (Å²) >= 11 is 0. The monoisotopic (exact) mass is 423 g/mol. The molecule has 0 fully saturated rings. The fourth-order valence-electron chi connectivity index (χ4n) is 4.32. The van der Waals surface area contributed by atoms with Gasteiger partial charge in [-0.2, -0.15) is 0 Å². The molecule has 2 aliphatic carbocycles. The molecule has 0 heterocycles. The lowest BCUT2D eigenvalue weighted by Gasteiger charge is -2.23. The second-order valence-corrected chi connectivity index (χ2v) is 8.66. The molecule has 1 aromatic rings. The molecule has 1 aromatic carbocycles. The second-order valence-electron chi connectivity index (χ2n) is 8.66. The maximum Gasteiger partial charge on any atom is 0.0328 e. The van der Waals surface area contributed by atoms with Gasteiger partial charge in [0.1, 0.15) is 0 Å². The molecular weight excluding hydrogens is 386 g/mol. The Morgan fingerprint density at radius 1 is 1.12 bits per heavy atom. The molecule has 0 spiro atoms. The van der Waals surface area contributed by atoms with Gasteiger partial charge in [-0.3, -0.25) is 0 Å². The third kappa shape index (κ3) is 6.55. The third-order valence-corrected chi connectivity index (χ3v) is 6.27. The van der Waals surface area contributed by atoms with E-state index in [1.54, 1.807) is 0 Å². The zero-order chi connectivity index (χ0) is 22.8. The summed E-state index contributed by atoms with van der Waals surface area (Å²) in [4.78, 5) is 0. The Kier molecular flexibility index (Phi) is 9.07. The molecule has 0 bridgehead atoms. The van der Waals surface area contributed by atoms with Crippen LogP contribution in [0.4, 0.5) is 0 Å². The predicted octanol–water partition coefficient (Wildman–Crippen LogP) is 7.90. The minimum absolute atomic E-state index is 0.0332. The van der Waals surface area contributed by atoms with Gasteiger partial charge in [-0.15, -0.1) is 0 Å². The van der Waals surface area contributed by atoms with Crippen LogP contribution in [0.5, 0.6) is 0 Å². The number of rotatable bonds is 9. The van der Waals surface area contributed by atoms with Crippen molar-refractivity contribution in [2.24, 2.45) is 11.7 Å². The fraction of sp³-hybridized carbons (Fsp3) is 0.290. The van der Waals surface area contributed by atoms with Crippen molar-refractivity contribution >= 4 is 0 Å². The summed E-state index contributed by atoms with van der Waals surface area (Å²) in [6.45, 7) is 8.75. The van der Waals surface area contributed by atoms with E-state index in [0.29, 0.717) is 5.92 Å². The molecule has 2 N–H and O–H groups in total. The Hall–Kier alpha value is -2.90. The highest BCUT2D eigenvalue weighted by molar-refractivity contribution is 5.45. The Bertz CT molecular complexity index is 979. The molecule has 0 amide bonds. The maximum atomic E-state index is 6.32. The smallest absolute Gasteiger partial charge is 0.0328 e. The molecule has 3 unspecified atom stereocenters. The quantitative estimate of drug-likeness (QED) is 0.401. The van der Waals surface area contributed by atoms with Crippen molar-refractivity contribution in [3.05, 3.63) is 132 Å². The van der Waals surface area contributed by atoms with E-state index in [1.807, 2.05) is 6.08 Å². The van der Waals surface area contributed by atoms with Gasteiger partial charge in [0.25, 0.3) is 0 Å². The summed E-state index contributed by atoms with van der Waals surface area (Å²) in [5.74, 6) is 0.560. The van der Waals surface area contributed by atoms with Gasteiger partial charge in [-0.1, -0.05) is 116 Å². The molecule has 0 saturated heterocycles. The predicted molar refractivity (Wildman–Crippen MR) is 140 cm³/mol. The average molecular weight is 424 g/mol. The third-order valence-electron chi connectivity index (χ3n) is 6.27. The summed E-state index contributed by atoms with van der Waals surface area (Å²) < 4.78 is 0. The van der Waals surface area contributed by atoms with Gasteiger partial charge < -0.3 is 5.73 Å². The normalized spacial score (nSPS) is 22.3. The van der Waals surface area contributed by atoms with Crippen molar-refractivity contribution in [1.82, 2.24) is 0 Å². The van der Waals surface area contributed by atoms with Gasteiger partial charge in [0.05, 0.1) is 0 Å². The van der Waals surface area contributed by atoms with E-state index in [4.69, 9.17) is 5.73 Å². The van der Waals surface area contributed by atoms with E-state index < -0.39 is 0 Å². The molecule has 0 aromatic heterocycles. The molecule has 2 aliphatic rings. The van der Waals surface area contributed by atoms with Gasteiger partial charge >= 0.3 is 0 Å². The van der Waals surface area contributed by atoms with Crippen LogP contribution in [0.25, 0.3) is 0 Å². The van der Waals surface area contributed by atoms with Crippen LogP contribution in [0.3, 0.4) is 0 Å². The molecule has 0 aliphatic heterocycles. The lowest BCUT2D eigenvalue weighted by atomic mass is 9.81. The summed E-state index contributed by atoms with van der Waals surface area (Å²) in [6, 6.07) is 10.9. The lowest BCUT2D eigenvalue weighted by molar-refractivity contribution is 0.650. The highest BCUT2D eigenvalue weighted by Gasteiger charge is 2.19. The molecule has 32 heavy (non-hydrogen) atoms. The van der Waals surface area contributed by atoms with Crippen molar-refractivity contribution in [1.29, 1.82) is 0 Å². The van der Waals surface area contributed by atoms with Gasteiger partial charge in [0, 0.05) is 17.9 Å². The largest absolute Gasteiger partial charge is 0.324 e. The maximum absolute atomic E-state index is 6.32. The molecule has 3 atom stereocenters. The first-order valence-corrected chi connectivity index (χ1v) is 11.9. The van der Waals surface area contributed by atoms with E-state index >= 15 is 0 Å². The summed E-state index contributed by atoms with van der Waals surface area (Å²) in [7, 11) is 0. The van der Waals surface area contributed by atoms with Crippen molar-refractivity contribution in [2.45, 2.75) is 51.5 Å². The van der Waals surface area contributed by atoms with Gasteiger partial charge in [-0.25, -0.2) is 0 Å². The van der Waals surface area contributed by atoms with Crippen LogP contribution in [0, 0.1) is 5.92 Å². The number of allylic oxidation sites excluding steroid dienone is 12. The van der Waals surface area contributed by atoms with E-state index in [0.717, 1.165) is 31.3 Å². The number of hydrogen-bond acceptors (Lipinski definition) is 1. The molecule has 0 radical (unpaired) electrons. The molecule has 1 heteroatoms. The highest BCUT2D eigenvalue weighted by atomic mass is 14.6. The fourth-order valence-corrected chi connectivity index (χ4v) is 4.32. The highest BCUT2D eigenvalue weighted by Crippen LogP contribution is 2.36. The SMILES string of the molecule is C=C(/C=C\CC)/C(=C/C=C(\C)C1C=CC=CC1N)CC(C1=CCCC=C1)c1ccccc1. The van der Waals surface area contributed by atoms with Crippen molar-refractivity contribution in [3.8, 4) is 0 Å². The van der Waals surface area contributed by atoms with E-state index in [-0.39, 0.29) is 12.0 Å². The second kappa shape index (κ2) is 12.2. The molecular formula is C31H37N. The zero-order valence-corrected chi connectivity index (χ0v) is 19.6. The number of benzene rings is 1. The minimum atomic E-state index is 0.0332. The standard InChI is InChI=1S/C31H37N/c1-4-5-14-24(2)28(22-21-25(3)29-19-12-13-20-31(29)32)23-30(26-15-8-6-9-16-26)27-17-10-7-11-18-27/h5-6,8-10,12-22,29-31H,2,4,7,11,23,32H2,1,3H3/b14-5-,25-21+,28-22+. The van der Waals surface area contributed by atoms with Crippen molar-refractivity contribution < 1.29 is 0 Å². The molecule has 166 valence electrons. The van der Waals surface area contributed by atoms with Gasteiger partial charge in [0.2, 0.25) is 0 Å². The molecule has 0 saturated carbocycles. The van der Waals surface area contributed by atoms with Crippen LogP contribution in [0.1, 0.15) is 51.0 Å². The van der Waals surface area contributed by atoms with Crippen LogP contribution in [-0.4, -0.2) is 6.04 Å². The van der Waals surface area contributed by atoms with Crippen LogP contribution in [-0.2, 0) is 0 Å². The van der Waals surface area contributed by atoms with Crippen LogP contribution in [0.15, 0.2) is 126 Å². The van der Waals surface area contributed by atoms with Gasteiger partial charge in [0.15, 0.2) is 0 Å². The lowest BCUT2D eigenvalue weighted by Crippen LogP contribution is -2.28. The Morgan fingerprint density at radius 3 is 2.59 bits per heavy atom. The zero-order valence-electron chi connectivity index (χ0n) is 19.6. The Balaban J connectivity index is 1.94. The van der Waals surface area contributed by atoms with Crippen LogP contribution >= 0.6 is 0 Å². The van der Waals surface area contributed by atoms with Crippen molar-refractivity contribution in [2.75, 3.05) is 0 Å². The van der Waals surface area contributed by atoms with Crippen LogP contribution < -0.4 is 5.73 Å². The molecule has 3 rings (SSSR count). The van der Waals surface area contributed by atoms with E-state index in [1.165, 1.54) is 22.3 Å². The van der Waals surface area contributed by atoms with Crippen LogP contribution in [0.2, 0.25) is 0 Å².